The van der Waals surface area contributed by atoms with Crippen LogP contribution in [0, 0.1) is 0 Å². The van der Waals surface area contributed by atoms with Crippen molar-refractivity contribution in [1.82, 2.24) is 8.75 Å². The molecule has 1 fully saturated rings. The lowest BCUT2D eigenvalue weighted by Crippen LogP contribution is -2.45. The molecule has 2 heterocycles. The zero-order valence-electron chi connectivity index (χ0n) is 7.80. The van der Waals surface area contributed by atoms with Gasteiger partial charge in [-0.1, -0.05) is 0 Å². The molecule has 1 aromatic rings. The molecule has 5 heteroatoms. The Morgan fingerprint density at radius 3 is 2.69 bits per heavy atom. The van der Waals surface area contributed by atoms with Crippen LogP contribution in [0.1, 0.15) is 13.8 Å². The zero-order valence-corrected chi connectivity index (χ0v) is 8.62. The molecule has 0 aromatic carbocycles. The molecule has 1 aliphatic rings. The Morgan fingerprint density at radius 2 is 2.15 bits per heavy atom. The van der Waals surface area contributed by atoms with Gasteiger partial charge in [0, 0.05) is 13.1 Å². The lowest BCUT2D eigenvalue weighted by atomic mass is 10.2. The standard InChI is InChI=1S/C8H13N3OS/c1-6-4-11(5-7(2)12-6)8-3-9-13-10-8/h3,6-7H,4-5H2,1-2H3. The van der Waals surface area contributed by atoms with E-state index in [1.165, 1.54) is 11.7 Å². The Hall–Kier alpha value is -0.680. The van der Waals surface area contributed by atoms with Crippen LogP contribution in [-0.4, -0.2) is 34.0 Å². The highest BCUT2D eigenvalue weighted by atomic mass is 32.1. The lowest BCUT2D eigenvalue weighted by molar-refractivity contribution is -0.00541. The first-order chi connectivity index (χ1) is 6.25. The van der Waals surface area contributed by atoms with Crippen molar-refractivity contribution in [3.05, 3.63) is 6.20 Å². The predicted octanol–water partition coefficient (Wildman–Crippen LogP) is 1.15. The molecule has 72 valence electrons. The van der Waals surface area contributed by atoms with Crippen LogP contribution < -0.4 is 4.90 Å². The molecular weight excluding hydrogens is 186 g/mol. The summed E-state index contributed by atoms with van der Waals surface area (Å²) in [6.45, 7) is 6.00. The Kier molecular flexibility index (Phi) is 2.46. The third-order valence-electron chi connectivity index (χ3n) is 2.09. The topological polar surface area (TPSA) is 38.2 Å². The number of ether oxygens (including phenoxy) is 1. The summed E-state index contributed by atoms with van der Waals surface area (Å²) in [6, 6.07) is 0. The molecular formula is C8H13N3OS. The molecule has 1 aliphatic heterocycles. The zero-order chi connectivity index (χ0) is 9.26. The summed E-state index contributed by atoms with van der Waals surface area (Å²) in [5.41, 5.74) is 0. The van der Waals surface area contributed by atoms with E-state index < -0.39 is 0 Å². The molecule has 0 radical (unpaired) electrons. The summed E-state index contributed by atoms with van der Waals surface area (Å²) in [5.74, 6) is 0.979. The molecule has 2 atom stereocenters. The highest BCUT2D eigenvalue weighted by molar-refractivity contribution is 6.99. The van der Waals surface area contributed by atoms with Gasteiger partial charge in [0.05, 0.1) is 30.1 Å². The van der Waals surface area contributed by atoms with E-state index >= 15 is 0 Å². The Balaban J connectivity index is 2.07. The number of rotatable bonds is 1. The highest BCUT2D eigenvalue weighted by Gasteiger charge is 2.23. The Bertz CT molecular complexity index is 254. The fourth-order valence-corrected chi connectivity index (χ4v) is 2.10. The molecule has 0 spiro atoms. The van der Waals surface area contributed by atoms with Crippen LogP contribution in [0.25, 0.3) is 0 Å². The minimum atomic E-state index is 0.283. The quantitative estimate of drug-likeness (QED) is 0.680. The van der Waals surface area contributed by atoms with Gasteiger partial charge in [-0.2, -0.15) is 8.75 Å². The maximum absolute atomic E-state index is 5.63. The fourth-order valence-electron chi connectivity index (χ4n) is 1.66. The average Bonchev–Trinajstić information content (AvgIpc) is 2.53. The van der Waals surface area contributed by atoms with E-state index in [0.29, 0.717) is 0 Å². The van der Waals surface area contributed by atoms with Crippen molar-refractivity contribution in [2.24, 2.45) is 0 Å². The van der Waals surface area contributed by atoms with Crippen LogP contribution in [0.15, 0.2) is 6.20 Å². The van der Waals surface area contributed by atoms with Gasteiger partial charge in [-0.3, -0.25) is 0 Å². The number of morpholine rings is 1. The minimum absolute atomic E-state index is 0.283. The Morgan fingerprint density at radius 1 is 1.46 bits per heavy atom. The number of nitrogens with zero attached hydrogens (tertiary/aromatic N) is 3. The molecule has 1 saturated heterocycles. The van der Waals surface area contributed by atoms with E-state index in [9.17, 15) is 0 Å². The molecule has 0 bridgehead atoms. The summed E-state index contributed by atoms with van der Waals surface area (Å²) >= 11 is 1.25. The average molecular weight is 199 g/mol. The second-order valence-corrected chi connectivity index (χ2v) is 3.98. The second kappa shape index (κ2) is 3.59. The normalized spacial score (nSPS) is 29.2. The molecule has 0 saturated carbocycles. The molecule has 13 heavy (non-hydrogen) atoms. The van der Waals surface area contributed by atoms with Gasteiger partial charge in [0.25, 0.3) is 0 Å². The van der Waals surface area contributed by atoms with Crippen LogP contribution in [0.4, 0.5) is 5.82 Å². The first-order valence-electron chi connectivity index (χ1n) is 4.43. The van der Waals surface area contributed by atoms with Gasteiger partial charge >= 0.3 is 0 Å². The lowest BCUT2D eigenvalue weighted by Gasteiger charge is -2.35. The number of hydrogen-bond acceptors (Lipinski definition) is 5. The first kappa shape index (κ1) is 8.90. The van der Waals surface area contributed by atoms with Crippen LogP contribution in [0.5, 0.6) is 0 Å². The van der Waals surface area contributed by atoms with E-state index in [0.717, 1.165) is 18.9 Å². The molecule has 0 amide bonds. The van der Waals surface area contributed by atoms with Crippen molar-refractivity contribution in [2.75, 3.05) is 18.0 Å². The SMILES string of the molecule is CC1CN(c2cnsn2)CC(C)O1. The first-order valence-corrected chi connectivity index (χ1v) is 5.16. The fraction of sp³-hybridized carbons (Fsp3) is 0.750. The van der Waals surface area contributed by atoms with Gasteiger partial charge in [-0.05, 0) is 13.8 Å². The maximum Gasteiger partial charge on any atom is 0.162 e. The summed E-state index contributed by atoms with van der Waals surface area (Å²) in [6.07, 6.45) is 2.38. The van der Waals surface area contributed by atoms with E-state index in [-0.39, 0.29) is 12.2 Å². The van der Waals surface area contributed by atoms with Crippen molar-refractivity contribution < 1.29 is 4.74 Å². The van der Waals surface area contributed by atoms with Gasteiger partial charge in [0.15, 0.2) is 5.82 Å². The summed E-state index contributed by atoms with van der Waals surface area (Å²) in [7, 11) is 0. The maximum atomic E-state index is 5.63. The van der Waals surface area contributed by atoms with Crippen molar-refractivity contribution >= 4 is 17.5 Å². The molecule has 0 N–H and O–H groups in total. The monoisotopic (exact) mass is 199 g/mol. The molecule has 2 rings (SSSR count). The van der Waals surface area contributed by atoms with E-state index in [1.807, 2.05) is 6.20 Å². The van der Waals surface area contributed by atoms with Gasteiger partial charge in [-0.25, -0.2) is 0 Å². The van der Waals surface area contributed by atoms with Crippen molar-refractivity contribution in [2.45, 2.75) is 26.1 Å². The minimum Gasteiger partial charge on any atom is -0.372 e. The summed E-state index contributed by atoms with van der Waals surface area (Å²) in [5, 5.41) is 0. The summed E-state index contributed by atoms with van der Waals surface area (Å²) < 4.78 is 13.8. The van der Waals surface area contributed by atoms with E-state index in [4.69, 9.17) is 4.74 Å². The van der Waals surface area contributed by atoms with Gasteiger partial charge < -0.3 is 9.64 Å². The second-order valence-electron chi connectivity index (χ2n) is 3.43. The highest BCUT2D eigenvalue weighted by Crippen LogP contribution is 2.17. The molecule has 0 aliphatic carbocycles. The number of hydrogen-bond donors (Lipinski definition) is 0. The van der Waals surface area contributed by atoms with Gasteiger partial charge in [0.2, 0.25) is 0 Å². The van der Waals surface area contributed by atoms with Gasteiger partial charge in [-0.15, -0.1) is 0 Å². The number of anilines is 1. The van der Waals surface area contributed by atoms with Crippen molar-refractivity contribution in [3.8, 4) is 0 Å². The third-order valence-corrected chi connectivity index (χ3v) is 2.56. The molecule has 2 unspecified atom stereocenters. The Labute approximate surface area is 81.9 Å². The van der Waals surface area contributed by atoms with Crippen molar-refractivity contribution in [1.29, 1.82) is 0 Å². The summed E-state index contributed by atoms with van der Waals surface area (Å²) in [4.78, 5) is 2.22. The van der Waals surface area contributed by atoms with Crippen LogP contribution in [-0.2, 0) is 4.74 Å². The van der Waals surface area contributed by atoms with Crippen LogP contribution >= 0.6 is 11.7 Å². The van der Waals surface area contributed by atoms with Crippen LogP contribution in [0.3, 0.4) is 0 Å². The molecule has 4 nitrogen and oxygen atoms in total. The molecule has 1 aromatic heterocycles. The van der Waals surface area contributed by atoms with Crippen molar-refractivity contribution in [3.63, 3.8) is 0 Å². The predicted molar refractivity (Wildman–Crippen MR) is 52.1 cm³/mol. The largest absolute Gasteiger partial charge is 0.372 e. The van der Waals surface area contributed by atoms with Crippen LogP contribution in [0.2, 0.25) is 0 Å². The number of aromatic nitrogens is 2. The van der Waals surface area contributed by atoms with E-state index in [1.54, 1.807) is 0 Å². The van der Waals surface area contributed by atoms with Gasteiger partial charge in [0.1, 0.15) is 0 Å². The smallest absolute Gasteiger partial charge is 0.162 e. The van der Waals surface area contributed by atoms with E-state index in [2.05, 4.69) is 27.5 Å². The third kappa shape index (κ3) is 1.97.